The summed E-state index contributed by atoms with van der Waals surface area (Å²) in [6.07, 6.45) is 1.88. The summed E-state index contributed by atoms with van der Waals surface area (Å²) in [5.74, 6) is 0.339. The van der Waals surface area contributed by atoms with E-state index in [9.17, 15) is 4.39 Å². The van der Waals surface area contributed by atoms with E-state index in [2.05, 4.69) is 21.8 Å². The molecule has 0 saturated carbocycles. The minimum absolute atomic E-state index is 0.154. The highest BCUT2D eigenvalue weighted by atomic mass is 32.1. The van der Waals surface area contributed by atoms with Gasteiger partial charge in [0.25, 0.3) is 0 Å². The Morgan fingerprint density at radius 2 is 2.29 bits per heavy atom. The van der Waals surface area contributed by atoms with E-state index in [0.29, 0.717) is 11.3 Å². The number of nitrogens with one attached hydrogen (secondary N) is 1. The topological polar surface area (TPSA) is 51.0 Å². The standard InChI is InChI=1S/C15H16FN3OS/c1-3-5-11-15(21-19-18-11)13(17-2)12-8-9-6-4-7-10(16)14(9)20-12/h4,6-8,13,17H,3,5H2,1-2H3. The number of benzene rings is 1. The molecule has 21 heavy (non-hydrogen) atoms. The number of hydrogen-bond acceptors (Lipinski definition) is 5. The van der Waals surface area contributed by atoms with Crippen LogP contribution in [0.4, 0.5) is 4.39 Å². The van der Waals surface area contributed by atoms with Gasteiger partial charge in [0.15, 0.2) is 11.4 Å². The molecule has 4 nitrogen and oxygen atoms in total. The molecule has 2 aromatic heterocycles. The summed E-state index contributed by atoms with van der Waals surface area (Å²) in [6, 6.07) is 6.65. The van der Waals surface area contributed by atoms with Crippen LogP contribution < -0.4 is 5.32 Å². The van der Waals surface area contributed by atoms with E-state index in [1.165, 1.54) is 17.6 Å². The first-order valence-electron chi connectivity index (χ1n) is 6.91. The molecule has 0 aliphatic heterocycles. The average Bonchev–Trinajstić information content (AvgIpc) is 3.09. The maximum atomic E-state index is 13.8. The fourth-order valence-corrected chi connectivity index (χ4v) is 3.25. The maximum Gasteiger partial charge on any atom is 0.169 e. The second kappa shape index (κ2) is 5.91. The summed E-state index contributed by atoms with van der Waals surface area (Å²) in [7, 11) is 1.85. The quantitative estimate of drug-likeness (QED) is 0.781. The van der Waals surface area contributed by atoms with Crippen LogP contribution in [0.25, 0.3) is 11.0 Å². The fourth-order valence-electron chi connectivity index (χ4n) is 2.44. The van der Waals surface area contributed by atoms with Crippen LogP contribution in [-0.4, -0.2) is 16.6 Å². The average molecular weight is 305 g/mol. The van der Waals surface area contributed by atoms with Crippen LogP contribution in [0.15, 0.2) is 28.7 Å². The number of nitrogens with zero attached hydrogens (tertiary/aromatic N) is 2. The minimum Gasteiger partial charge on any atom is -0.456 e. The molecule has 110 valence electrons. The third-order valence-corrected chi connectivity index (χ3v) is 4.25. The zero-order valence-electron chi connectivity index (χ0n) is 11.9. The molecule has 0 radical (unpaired) electrons. The SMILES string of the molecule is CCCc1nnsc1C(NC)c1cc2cccc(F)c2o1. The zero-order valence-corrected chi connectivity index (χ0v) is 12.7. The highest BCUT2D eigenvalue weighted by Crippen LogP contribution is 2.32. The molecular weight excluding hydrogens is 289 g/mol. The Bertz CT molecular complexity index is 752. The molecule has 0 aliphatic rings. The van der Waals surface area contributed by atoms with Crippen molar-refractivity contribution in [3.05, 3.63) is 46.4 Å². The van der Waals surface area contributed by atoms with Crippen molar-refractivity contribution in [3.63, 3.8) is 0 Å². The Labute approximate surface area is 126 Å². The molecule has 0 amide bonds. The lowest BCUT2D eigenvalue weighted by Gasteiger charge is -2.12. The van der Waals surface area contributed by atoms with E-state index in [4.69, 9.17) is 4.42 Å². The van der Waals surface area contributed by atoms with Crippen molar-refractivity contribution >= 4 is 22.5 Å². The second-order valence-electron chi connectivity index (χ2n) is 4.86. The first kappa shape index (κ1) is 14.2. The van der Waals surface area contributed by atoms with Crippen LogP contribution in [0.5, 0.6) is 0 Å². The van der Waals surface area contributed by atoms with Gasteiger partial charge in [0.1, 0.15) is 11.8 Å². The number of para-hydroxylation sites is 1. The van der Waals surface area contributed by atoms with Crippen molar-refractivity contribution in [2.24, 2.45) is 0 Å². The summed E-state index contributed by atoms with van der Waals surface area (Å²) in [4.78, 5) is 1.03. The van der Waals surface area contributed by atoms with Gasteiger partial charge >= 0.3 is 0 Å². The molecule has 1 unspecified atom stereocenters. The largest absolute Gasteiger partial charge is 0.456 e. The van der Waals surface area contributed by atoms with Gasteiger partial charge in [-0.05, 0) is 37.1 Å². The molecule has 2 heterocycles. The van der Waals surface area contributed by atoms with Crippen molar-refractivity contribution in [2.75, 3.05) is 7.05 Å². The summed E-state index contributed by atoms with van der Waals surface area (Å²) in [5, 5.41) is 8.16. The van der Waals surface area contributed by atoms with E-state index < -0.39 is 0 Å². The van der Waals surface area contributed by atoms with Crippen LogP contribution >= 0.6 is 11.5 Å². The molecule has 1 aromatic carbocycles. The van der Waals surface area contributed by atoms with Gasteiger partial charge in [-0.3, -0.25) is 0 Å². The fraction of sp³-hybridized carbons (Fsp3) is 0.333. The molecule has 1 atom stereocenters. The third-order valence-electron chi connectivity index (χ3n) is 3.42. The van der Waals surface area contributed by atoms with Gasteiger partial charge in [-0.15, -0.1) is 5.10 Å². The number of furan rings is 1. The van der Waals surface area contributed by atoms with Gasteiger partial charge in [0.2, 0.25) is 0 Å². The monoisotopic (exact) mass is 305 g/mol. The highest BCUT2D eigenvalue weighted by Gasteiger charge is 2.23. The lowest BCUT2D eigenvalue weighted by Crippen LogP contribution is -2.17. The molecule has 3 rings (SSSR count). The van der Waals surface area contributed by atoms with Gasteiger partial charge < -0.3 is 9.73 Å². The molecular formula is C15H16FN3OS. The molecule has 0 fully saturated rings. The van der Waals surface area contributed by atoms with E-state index in [1.807, 2.05) is 19.2 Å². The Hall–Kier alpha value is -1.79. The predicted molar refractivity (Wildman–Crippen MR) is 81.0 cm³/mol. The van der Waals surface area contributed by atoms with Crippen molar-refractivity contribution in [2.45, 2.75) is 25.8 Å². The molecule has 3 aromatic rings. The van der Waals surface area contributed by atoms with E-state index >= 15 is 0 Å². The molecule has 6 heteroatoms. The van der Waals surface area contributed by atoms with Crippen molar-refractivity contribution in [3.8, 4) is 0 Å². The van der Waals surface area contributed by atoms with Crippen LogP contribution in [0.3, 0.4) is 0 Å². The van der Waals surface area contributed by atoms with E-state index in [-0.39, 0.29) is 11.9 Å². The molecule has 0 saturated heterocycles. The molecule has 1 N–H and O–H groups in total. The van der Waals surface area contributed by atoms with Gasteiger partial charge in [-0.2, -0.15) is 0 Å². The molecule has 0 spiro atoms. The van der Waals surface area contributed by atoms with E-state index in [1.54, 1.807) is 6.07 Å². The van der Waals surface area contributed by atoms with Gasteiger partial charge in [-0.1, -0.05) is 30.0 Å². The van der Waals surface area contributed by atoms with Crippen molar-refractivity contribution in [1.82, 2.24) is 14.9 Å². The molecule has 0 bridgehead atoms. The predicted octanol–water partition coefficient (Wildman–Crippen LogP) is 3.68. The Morgan fingerprint density at radius 1 is 1.43 bits per heavy atom. The van der Waals surface area contributed by atoms with Crippen LogP contribution in [0.1, 0.15) is 35.7 Å². The summed E-state index contributed by atoms with van der Waals surface area (Å²) < 4.78 is 23.5. The first-order chi connectivity index (χ1) is 10.2. The highest BCUT2D eigenvalue weighted by molar-refractivity contribution is 7.05. The van der Waals surface area contributed by atoms with Crippen LogP contribution in [0, 0.1) is 5.82 Å². The van der Waals surface area contributed by atoms with Crippen LogP contribution in [0.2, 0.25) is 0 Å². The molecule has 0 aliphatic carbocycles. The maximum absolute atomic E-state index is 13.8. The number of halogens is 1. The Kier molecular flexibility index (Phi) is 3.98. The summed E-state index contributed by atoms with van der Waals surface area (Å²) >= 11 is 1.35. The lowest BCUT2D eigenvalue weighted by molar-refractivity contribution is 0.477. The number of rotatable bonds is 5. The number of hydrogen-bond donors (Lipinski definition) is 1. The smallest absolute Gasteiger partial charge is 0.169 e. The Morgan fingerprint density at radius 3 is 3.00 bits per heavy atom. The normalized spacial score (nSPS) is 12.9. The number of aryl methyl sites for hydroxylation is 1. The van der Waals surface area contributed by atoms with Crippen molar-refractivity contribution < 1.29 is 8.81 Å². The van der Waals surface area contributed by atoms with Crippen LogP contribution in [-0.2, 0) is 6.42 Å². The summed E-state index contributed by atoms with van der Waals surface area (Å²) in [6.45, 7) is 2.11. The second-order valence-corrected chi connectivity index (χ2v) is 5.65. The number of fused-ring (bicyclic) bond motifs is 1. The minimum atomic E-state index is -0.343. The number of aromatic nitrogens is 2. The van der Waals surface area contributed by atoms with E-state index in [0.717, 1.165) is 28.8 Å². The summed E-state index contributed by atoms with van der Waals surface area (Å²) in [5.41, 5.74) is 1.27. The third kappa shape index (κ3) is 2.56. The van der Waals surface area contributed by atoms with Gasteiger partial charge in [0.05, 0.1) is 10.6 Å². The first-order valence-corrected chi connectivity index (χ1v) is 7.68. The lowest BCUT2D eigenvalue weighted by atomic mass is 10.1. The Balaban J connectivity index is 2.05. The van der Waals surface area contributed by atoms with Crippen molar-refractivity contribution in [1.29, 1.82) is 0 Å². The zero-order chi connectivity index (χ0) is 14.8. The van der Waals surface area contributed by atoms with Gasteiger partial charge in [0, 0.05) is 5.39 Å². The van der Waals surface area contributed by atoms with Gasteiger partial charge in [-0.25, -0.2) is 4.39 Å².